The molecule has 0 fully saturated rings. The Kier molecular flexibility index (Phi) is 3.73. The fourth-order valence-corrected chi connectivity index (χ4v) is 2.72. The molecule has 0 amide bonds. The quantitative estimate of drug-likeness (QED) is 0.818. The summed E-state index contributed by atoms with van der Waals surface area (Å²) in [5.41, 5.74) is 0.210. The molecule has 1 aromatic heterocycles. The average Bonchev–Trinajstić information content (AvgIpc) is 2.69. The lowest BCUT2D eigenvalue weighted by Gasteiger charge is -2.06. The standard InChI is InChI=1S/C11H7BrF3NS/c12-7-1-2-17-10(7)5-16-6-3-8(13)11(15)9(14)4-6/h1-4,16H,5H2. The first-order valence-corrected chi connectivity index (χ1v) is 6.35. The number of hydrogen-bond acceptors (Lipinski definition) is 2. The maximum atomic E-state index is 12.9. The van der Waals surface area contributed by atoms with Gasteiger partial charge in [0.25, 0.3) is 0 Å². The molecule has 0 aliphatic carbocycles. The van der Waals surface area contributed by atoms with E-state index in [0.29, 0.717) is 6.54 Å². The first kappa shape index (κ1) is 12.4. The third kappa shape index (κ3) is 2.81. The third-order valence-corrected chi connectivity index (χ3v) is 4.05. The van der Waals surface area contributed by atoms with Crippen molar-refractivity contribution in [2.24, 2.45) is 0 Å². The second-order valence-electron chi connectivity index (χ2n) is 3.30. The highest BCUT2D eigenvalue weighted by Crippen LogP contribution is 2.24. The molecular weight excluding hydrogens is 315 g/mol. The molecule has 1 N–H and O–H groups in total. The Morgan fingerprint density at radius 2 is 1.82 bits per heavy atom. The van der Waals surface area contributed by atoms with Gasteiger partial charge in [-0.05, 0) is 27.4 Å². The lowest BCUT2D eigenvalue weighted by atomic mass is 10.3. The Bertz CT molecular complexity index is 518. The van der Waals surface area contributed by atoms with Gasteiger partial charge >= 0.3 is 0 Å². The largest absolute Gasteiger partial charge is 0.380 e. The molecule has 0 aliphatic rings. The normalized spacial score (nSPS) is 10.6. The Labute approximate surface area is 108 Å². The summed E-state index contributed by atoms with van der Waals surface area (Å²) < 4.78 is 39.5. The van der Waals surface area contributed by atoms with E-state index in [1.807, 2.05) is 11.4 Å². The van der Waals surface area contributed by atoms with Crippen LogP contribution in [0.5, 0.6) is 0 Å². The summed E-state index contributed by atoms with van der Waals surface area (Å²) in [6, 6.07) is 3.74. The van der Waals surface area contributed by atoms with Crippen LogP contribution < -0.4 is 5.32 Å². The zero-order chi connectivity index (χ0) is 12.4. The van der Waals surface area contributed by atoms with Gasteiger partial charge in [-0.25, -0.2) is 13.2 Å². The summed E-state index contributed by atoms with van der Waals surface area (Å²) in [7, 11) is 0. The Balaban J connectivity index is 2.12. The van der Waals surface area contributed by atoms with E-state index in [2.05, 4.69) is 21.2 Å². The molecule has 1 nitrogen and oxygen atoms in total. The van der Waals surface area contributed by atoms with Crippen molar-refractivity contribution in [3.05, 3.63) is 50.4 Å². The molecule has 0 bridgehead atoms. The van der Waals surface area contributed by atoms with Gasteiger partial charge < -0.3 is 5.32 Å². The summed E-state index contributed by atoms with van der Waals surface area (Å²) in [5.74, 6) is -3.84. The van der Waals surface area contributed by atoms with E-state index < -0.39 is 17.5 Å². The van der Waals surface area contributed by atoms with Crippen molar-refractivity contribution in [3.8, 4) is 0 Å². The van der Waals surface area contributed by atoms with Crippen LogP contribution in [0.3, 0.4) is 0 Å². The maximum absolute atomic E-state index is 12.9. The molecule has 0 radical (unpaired) electrons. The summed E-state index contributed by atoms with van der Waals surface area (Å²) in [4.78, 5) is 0.996. The summed E-state index contributed by atoms with van der Waals surface area (Å²) >= 11 is 4.85. The minimum Gasteiger partial charge on any atom is -0.380 e. The second-order valence-corrected chi connectivity index (χ2v) is 5.15. The fourth-order valence-electron chi connectivity index (χ4n) is 1.29. The van der Waals surface area contributed by atoms with E-state index >= 15 is 0 Å². The van der Waals surface area contributed by atoms with E-state index in [9.17, 15) is 13.2 Å². The van der Waals surface area contributed by atoms with Crippen LogP contribution in [0.25, 0.3) is 0 Å². The maximum Gasteiger partial charge on any atom is 0.194 e. The monoisotopic (exact) mass is 321 g/mol. The zero-order valence-electron chi connectivity index (χ0n) is 8.44. The smallest absolute Gasteiger partial charge is 0.194 e. The van der Waals surface area contributed by atoms with Crippen LogP contribution in [0.2, 0.25) is 0 Å². The van der Waals surface area contributed by atoms with Gasteiger partial charge in [-0.15, -0.1) is 11.3 Å². The van der Waals surface area contributed by atoms with Crippen molar-refractivity contribution in [3.63, 3.8) is 0 Å². The molecule has 0 aliphatic heterocycles. The van der Waals surface area contributed by atoms with E-state index in [-0.39, 0.29) is 5.69 Å². The van der Waals surface area contributed by atoms with Crippen LogP contribution in [0.15, 0.2) is 28.1 Å². The van der Waals surface area contributed by atoms with Gasteiger partial charge in [-0.2, -0.15) is 0 Å². The first-order valence-electron chi connectivity index (χ1n) is 4.68. The van der Waals surface area contributed by atoms with Gasteiger partial charge in [0.1, 0.15) is 0 Å². The highest BCUT2D eigenvalue weighted by Gasteiger charge is 2.10. The van der Waals surface area contributed by atoms with Gasteiger partial charge in [0.05, 0.1) is 6.54 Å². The molecule has 0 spiro atoms. The Morgan fingerprint density at radius 1 is 1.18 bits per heavy atom. The zero-order valence-corrected chi connectivity index (χ0v) is 10.8. The molecular formula is C11H7BrF3NS. The molecule has 0 saturated carbocycles. The molecule has 1 aromatic carbocycles. The van der Waals surface area contributed by atoms with E-state index in [4.69, 9.17) is 0 Å². The molecule has 0 atom stereocenters. The molecule has 6 heteroatoms. The van der Waals surface area contributed by atoms with Crippen molar-refractivity contribution in [1.29, 1.82) is 0 Å². The van der Waals surface area contributed by atoms with Crippen LogP contribution in [0.4, 0.5) is 18.9 Å². The Morgan fingerprint density at radius 3 is 2.35 bits per heavy atom. The van der Waals surface area contributed by atoms with Gasteiger partial charge in [-0.3, -0.25) is 0 Å². The molecule has 2 aromatic rings. The lowest BCUT2D eigenvalue weighted by molar-refractivity contribution is 0.447. The number of nitrogens with one attached hydrogen (secondary N) is 1. The summed E-state index contributed by atoms with van der Waals surface area (Å²) in [5, 5.41) is 4.73. The summed E-state index contributed by atoms with van der Waals surface area (Å²) in [6.45, 7) is 0.419. The van der Waals surface area contributed by atoms with Gasteiger partial charge in [-0.1, -0.05) is 0 Å². The highest BCUT2D eigenvalue weighted by atomic mass is 79.9. The third-order valence-electron chi connectivity index (χ3n) is 2.13. The number of benzene rings is 1. The number of halogens is 4. The number of thiophene rings is 1. The molecule has 1 heterocycles. The fraction of sp³-hybridized carbons (Fsp3) is 0.0909. The van der Waals surface area contributed by atoms with Crippen LogP contribution in [-0.2, 0) is 6.54 Å². The van der Waals surface area contributed by atoms with E-state index in [1.165, 1.54) is 11.3 Å². The van der Waals surface area contributed by atoms with Gasteiger partial charge in [0.2, 0.25) is 0 Å². The molecule has 90 valence electrons. The van der Waals surface area contributed by atoms with E-state index in [0.717, 1.165) is 21.5 Å². The van der Waals surface area contributed by atoms with Crippen molar-refractivity contribution in [2.75, 3.05) is 5.32 Å². The molecule has 0 saturated heterocycles. The highest BCUT2D eigenvalue weighted by molar-refractivity contribution is 9.10. The van der Waals surface area contributed by atoms with Gasteiger partial charge in [0.15, 0.2) is 17.5 Å². The number of anilines is 1. The average molecular weight is 322 g/mol. The molecule has 0 unspecified atom stereocenters. The topological polar surface area (TPSA) is 12.0 Å². The van der Waals surface area contributed by atoms with Crippen molar-refractivity contribution >= 4 is 33.0 Å². The first-order chi connectivity index (χ1) is 8.08. The van der Waals surface area contributed by atoms with Crippen molar-refractivity contribution in [2.45, 2.75) is 6.54 Å². The van der Waals surface area contributed by atoms with Gasteiger partial charge in [0, 0.05) is 27.2 Å². The second kappa shape index (κ2) is 5.10. The number of rotatable bonds is 3. The van der Waals surface area contributed by atoms with Crippen molar-refractivity contribution < 1.29 is 13.2 Å². The molecule has 2 rings (SSSR count). The molecule has 17 heavy (non-hydrogen) atoms. The Hall–Kier alpha value is -1.01. The van der Waals surface area contributed by atoms with Crippen LogP contribution >= 0.6 is 27.3 Å². The minimum atomic E-state index is -1.45. The van der Waals surface area contributed by atoms with Crippen LogP contribution in [0.1, 0.15) is 4.88 Å². The van der Waals surface area contributed by atoms with Crippen LogP contribution in [-0.4, -0.2) is 0 Å². The predicted octanol–water partition coefficient (Wildman–Crippen LogP) is 4.54. The SMILES string of the molecule is Fc1cc(NCc2sccc2Br)cc(F)c1F. The predicted molar refractivity (Wildman–Crippen MR) is 65.7 cm³/mol. The van der Waals surface area contributed by atoms with Crippen LogP contribution in [0, 0.1) is 17.5 Å². The lowest BCUT2D eigenvalue weighted by Crippen LogP contribution is -2.01. The van der Waals surface area contributed by atoms with Crippen molar-refractivity contribution in [1.82, 2.24) is 0 Å². The minimum absolute atomic E-state index is 0.210. The number of hydrogen-bond donors (Lipinski definition) is 1. The van der Waals surface area contributed by atoms with E-state index in [1.54, 1.807) is 0 Å². The summed E-state index contributed by atoms with van der Waals surface area (Å²) in [6.07, 6.45) is 0.